The number of halogens is 1. The lowest BCUT2D eigenvalue weighted by molar-refractivity contribution is -0.177. The van der Waals surface area contributed by atoms with Gasteiger partial charge in [-0.15, -0.1) is 0 Å². The summed E-state index contributed by atoms with van der Waals surface area (Å²) >= 11 is 2.19. The van der Waals surface area contributed by atoms with E-state index in [4.69, 9.17) is 8.92 Å². The quantitative estimate of drug-likeness (QED) is 0.123. The Balaban J connectivity index is 0.00000121. The summed E-state index contributed by atoms with van der Waals surface area (Å²) in [4.78, 5) is 13.0. The molecule has 0 amide bonds. The number of carbonyl (C=O) groups excluding carboxylic acids is 1. The van der Waals surface area contributed by atoms with Crippen molar-refractivity contribution in [2.45, 2.75) is 133 Å². The van der Waals surface area contributed by atoms with Gasteiger partial charge in [0.05, 0.1) is 28.3 Å². The molecular formula is C33H57IO3S. The Morgan fingerprint density at radius 3 is 2.16 bits per heavy atom. The molecule has 3 nitrogen and oxygen atoms in total. The molecule has 0 radical (unpaired) electrons. The largest absolute Gasteiger partial charge is 0.469 e. The second-order valence-electron chi connectivity index (χ2n) is 12.4. The van der Waals surface area contributed by atoms with E-state index in [0.29, 0.717) is 11.3 Å². The van der Waals surface area contributed by atoms with Crippen molar-refractivity contribution >= 4 is 36.4 Å². The molecule has 0 spiro atoms. The molecule has 0 bridgehead atoms. The number of esters is 1. The van der Waals surface area contributed by atoms with Gasteiger partial charge in [-0.2, -0.15) is 0 Å². The summed E-state index contributed by atoms with van der Waals surface area (Å²) in [5.41, 5.74) is 5.55. The Morgan fingerprint density at radius 1 is 0.947 bits per heavy atom. The van der Waals surface area contributed by atoms with Gasteiger partial charge in [0.2, 0.25) is 0 Å². The summed E-state index contributed by atoms with van der Waals surface area (Å²) in [6.07, 6.45) is 14.7. The van der Waals surface area contributed by atoms with Gasteiger partial charge < -0.3 is 8.92 Å². The van der Waals surface area contributed by atoms with Crippen LogP contribution >= 0.6 is 30.4 Å². The van der Waals surface area contributed by atoms with Crippen LogP contribution in [0.4, 0.5) is 0 Å². The molecule has 4 rings (SSSR count). The highest BCUT2D eigenvalue weighted by atomic mass is 127. The van der Waals surface area contributed by atoms with Gasteiger partial charge in [0, 0.05) is 21.2 Å². The fourth-order valence-electron chi connectivity index (χ4n) is 9.10. The standard InChI is InChI=1S/C29H45IO3S.2C2H6/c1-18(2)8-7-9-19(3)20-14-16-28(4)21(20)10-11-23-22(28)12-13-24-26(27(31)32-6)25(33-34-30)15-17-29(23,24)5;2*1-2/h8,21-26H,7,9-17H2,1-6H3;2*1-2H3/b20-19-;;. The highest BCUT2D eigenvalue weighted by molar-refractivity contribution is 14.2. The summed E-state index contributed by atoms with van der Waals surface area (Å²) in [6, 6.07) is 0. The first-order valence-corrected chi connectivity index (χ1v) is 18.8. The summed E-state index contributed by atoms with van der Waals surface area (Å²) in [6.45, 7) is 20.0. The van der Waals surface area contributed by atoms with E-state index in [1.807, 2.05) is 27.7 Å². The number of methoxy groups -OCH3 is 1. The first kappa shape index (κ1) is 34.2. The molecule has 4 aliphatic carbocycles. The molecule has 0 N–H and O–H groups in total. The highest BCUT2D eigenvalue weighted by Crippen LogP contribution is 2.69. The van der Waals surface area contributed by atoms with E-state index in [2.05, 4.69) is 61.9 Å². The number of fused-ring (bicyclic) bond motifs is 5. The molecule has 4 aliphatic rings. The number of rotatable bonds is 6. The first-order valence-electron chi connectivity index (χ1n) is 15.5. The Hall–Kier alpha value is -0.0100. The van der Waals surface area contributed by atoms with Gasteiger partial charge >= 0.3 is 5.97 Å². The Morgan fingerprint density at radius 2 is 1.55 bits per heavy atom. The van der Waals surface area contributed by atoms with Crippen molar-refractivity contribution in [2.75, 3.05) is 7.11 Å². The SMILES string of the molecule is CC.CC.COC(=O)C1C(OSI)CCC2(C)C1CCC1C2CCC2/C(=C(/C)CCC=C(C)C)CCC21C. The molecule has 0 aliphatic heterocycles. The maximum absolute atomic E-state index is 13.0. The van der Waals surface area contributed by atoms with E-state index in [9.17, 15) is 4.79 Å². The second kappa shape index (κ2) is 15.3. The van der Waals surface area contributed by atoms with E-state index in [-0.39, 0.29) is 23.4 Å². The second-order valence-corrected chi connectivity index (χ2v) is 13.8. The zero-order valence-electron chi connectivity index (χ0n) is 26.1. The maximum Gasteiger partial charge on any atom is 0.311 e. The zero-order valence-corrected chi connectivity index (χ0v) is 29.1. The first-order chi connectivity index (χ1) is 18.2. The van der Waals surface area contributed by atoms with Crippen LogP contribution in [-0.4, -0.2) is 19.2 Å². The smallest absolute Gasteiger partial charge is 0.311 e. The van der Waals surface area contributed by atoms with Gasteiger partial charge in [-0.1, -0.05) is 64.3 Å². The topological polar surface area (TPSA) is 35.5 Å². The summed E-state index contributed by atoms with van der Waals surface area (Å²) < 4.78 is 11.3. The van der Waals surface area contributed by atoms with E-state index < -0.39 is 0 Å². The van der Waals surface area contributed by atoms with Crippen molar-refractivity contribution in [1.29, 1.82) is 0 Å². The molecular weight excluding hydrogens is 603 g/mol. The van der Waals surface area contributed by atoms with Crippen LogP contribution in [0.5, 0.6) is 0 Å². The van der Waals surface area contributed by atoms with Crippen LogP contribution in [0.25, 0.3) is 0 Å². The van der Waals surface area contributed by atoms with E-state index in [1.54, 1.807) is 18.3 Å². The minimum absolute atomic E-state index is 0.0135. The number of allylic oxidation sites excluding steroid dienone is 4. The number of ether oxygens (including phenoxy) is 1. The van der Waals surface area contributed by atoms with Crippen LogP contribution in [0.3, 0.4) is 0 Å². The lowest BCUT2D eigenvalue weighted by Gasteiger charge is -2.62. The van der Waals surface area contributed by atoms with Crippen LogP contribution in [0.2, 0.25) is 0 Å². The fourth-order valence-corrected chi connectivity index (χ4v) is 10.2. The number of carbonyl (C=O) groups is 1. The number of hydrogen-bond donors (Lipinski definition) is 0. The molecule has 4 fully saturated rings. The minimum atomic E-state index is -0.117. The van der Waals surface area contributed by atoms with Crippen LogP contribution in [0, 0.1) is 40.4 Å². The van der Waals surface area contributed by atoms with Crippen molar-refractivity contribution in [3.63, 3.8) is 0 Å². The fraction of sp³-hybridized carbons (Fsp3) is 0.848. The van der Waals surface area contributed by atoms with Crippen molar-refractivity contribution in [1.82, 2.24) is 0 Å². The van der Waals surface area contributed by atoms with Gasteiger partial charge in [0.1, 0.15) is 0 Å². The Bertz CT molecular complexity index is 834. The third kappa shape index (κ3) is 6.72. The molecule has 5 heteroatoms. The van der Waals surface area contributed by atoms with Crippen molar-refractivity contribution in [3.8, 4) is 0 Å². The van der Waals surface area contributed by atoms with Crippen LogP contribution in [0.15, 0.2) is 22.8 Å². The highest BCUT2D eigenvalue weighted by Gasteiger charge is 2.63. The minimum Gasteiger partial charge on any atom is -0.469 e. The van der Waals surface area contributed by atoms with Gasteiger partial charge in [0.25, 0.3) is 0 Å². The van der Waals surface area contributed by atoms with Gasteiger partial charge in [0.15, 0.2) is 0 Å². The third-order valence-corrected chi connectivity index (χ3v) is 11.7. The predicted molar refractivity (Wildman–Crippen MR) is 173 cm³/mol. The molecule has 0 saturated heterocycles. The Kier molecular flexibility index (Phi) is 13.8. The molecule has 0 aromatic heterocycles. The van der Waals surface area contributed by atoms with Crippen molar-refractivity contribution in [2.24, 2.45) is 40.4 Å². The third-order valence-electron chi connectivity index (χ3n) is 10.8. The van der Waals surface area contributed by atoms with Crippen LogP contribution in [0.1, 0.15) is 127 Å². The molecule has 4 saturated carbocycles. The lowest BCUT2D eigenvalue weighted by atomic mass is 9.42. The Labute approximate surface area is 251 Å². The number of hydrogen-bond acceptors (Lipinski definition) is 4. The van der Waals surface area contributed by atoms with Crippen molar-refractivity contribution in [3.05, 3.63) is 22.8 Å². The van der Waals surface area contributed by atoms with Gasteiger partial charge in [-0.3, -0.25) is 4.79 Å². The molecule has 220 valence electrons. The van der Waals surface area contributed by atoms with E-state index >= 15 is 0 Å². The predicted octanol–water partition coefficient (Wildman–Crippen LogP) is 10.9. The average Bonchev–Trinajstić information content (AvgIpc) is 3.28. The van der Waals surface area contributed by atoms with Crippen LogP contribution in [-0.2, 0) is 13.7 Å². The van der Waals surface area contributed by atoms with E-state index in [1.165, 1.54) is 66.2 Å². The molecule has 8 atom stereocenters. The summed E-state index contributed by atoms with van der Waals surface area (Å²) in [7, 11) is 2.92. The molecule has 0 aromatic carbocycles. The monoisotopic (exact) mass is 660 g/mol. The molecule has 8 unspecified atom stereocenters. The maximum atomic E-state index is 13.0. The molecule has 38 heavy (non-hydrogen) atoms. The lowest BCUT2D eigenvalue weighted by Crippen LogP contribution is -2.58. The van der Waals surface area contributed by atoms with E-state index in [0.717, 1.165) is 30.6 Å². The normalized spacial score (nSPS) is 38.6. The average molecular weight is 661 g/mol. The van der Waals surface area contributed by atoms with Crippen LogP contribution < -0.4 is 0 Å². The molecule has 0 aromatic rings. The zero-order chi connectivity index (χ0) is 28.7. The molecule has 0 heterocycles. The summed E-state index contributed by atoms with van der Waals surface area (Å²) in [5, 5.41) is 0. The van der Waals surface area contributed by atoms with Gasteiger partial charge in [-0.05, 0) is 119 Å². The van der Waals surface area contributed by atoms with Gasteiger partial charge in [-0.25, -0.2) is 0 Å². The van der Waals surface area contributed by atoms with Crippen molar-refractivity contribution < 1.29 is 13.7 Å². The summed E-state index contributed by atoms with van der Waals surface area (Å²) in [5.74, 6) is 2.48.